The Morgan fingerprint density at radius 2 is 1.79 bits per heavy atom. The minimum absolute atomic E-state index is 0.250. The zero-order valence-electron chi connectivity index (χ0n) is 18.2. The Morgan fingerprint density at radius 3 is 2.58 bits per heavy atom. The second-order valence-electron chi connectivity index (χ2n) is 8.76. The predicted octanol–water partition coefficient (Wildman–Crippen LogP) is 4.02. The number of morpholine rings is 1. The van der Waals surface area contributed by atoms with Gasteiger partial charge >= 0.3 is 0 Å². The zero-order chi connectivity index (χ0) is 22.4. The average molecular weight is 445 g/mol. The highest BCUT2D eigenvalue weighted by Gasteiger charge is 2.36. The summed E-state index contributed by atoms with van der Waals surface area (Å²) in [4.78, 5) is 11.7. The van der Waals surface area contributed by atoms with Crippen molar-refractivity contribution in [1.29, 1.82) is 0 Å². The third kappa shape index (κ3) is 3.51. The lowest BCUT2D eigenvalue weighted by molar-refractivity contribution is 0.0463. The number of aromatic nitrogens is 4. The number of para-hydroxylation sites is 1. The lowest BCUT2D eigenvalue weighted by Crippen LogP contribution is -2.55. The summed E-state index contributed by atoms with van der Waals surface area (Å²) in [7, 11) is 0. The number of hydrogen-bond donors (Lipinski definition) is 1. The normalized spacial score (nSPS) is 20.3. The van der Waals surface area contributed by atoms with E-state index in [2.05, 4.69) is 14.9 Å². The van der Waals surface area contributed by atoms with E-state index in [1.807, 2.05) is 36.5 Å². The number of benzene rings is 2. The van der Waals surface area contributed by atoms with Gasteiger partial charge in [0.2, 0.25) is 0 Å². The summed E-state index contributed by atoms with van der Waals surface area (Å²) in [5.74, 6) is 0.671. The standard InChI is InChI=1S/C25H25FN6O/c26-20-10-3-1-6-16(20)13-31-21-11-4-2-9-19(21)23(30-31)25-28-12-22(24(27)29-25)32-17-7-5-8-18(32)15-33-14-17/h1-4,6,9-12,17-18H,5,7-8,13-15H2,(H2,27,28,29). The Labute approximate surface area is 191 Å². The fraction of sp³-hybridized carbons (Fsp3) is 0.320. The molecule has 2 N–H and O–H groups in total. The minimum Gasteiger partial charge on any atom is -0.382 e. The maximum atomic E-state index is 14.3. The van der Waals surface area contributed by atoms with Gasteiger partial charge in [-0.3, -0.25) is 4.68 Å². The molecule has 6 rings (SSSR count). The van der Waals surface area contributed by atoms with Crippen LogP contribution >= 0.6 is 0 Å². The van der Waals surface area contributed by atoms with E-state index < -0.39 is 0 Å². The molecule has 0 spiro atoms. The molecule has 7 nitrogen and oxygen atoms in total. The summed E-state index contributed by atoms with van der Waals surface area (Å²) in [6.45, 7) is 1.74. The number of halogens is 1. The van der Waals surface area contributed by atoms with E-state index >= 15 is 0 Å². The third-order valence-electron chi connectivity index (χ3n) is 6.71. The molecule has 2 aliphatic heterocycles. The number of nitrogens with zero attached hydrogens (tertiary/aromatic N) is 5. The predicted molar refractivity (Wildman–Crippen MR) is 125 cm³/mol. The van der Waals surface area contributed by atoms with E-state index in [1.165, 1.54) is 12.5 Å². The van der Waals surface area contributed by atoms with E-state index in [1.54, 1.807) is 16.8 Å². The van der Waals surface area contributed by atoms with Crippen molar-refractivity contribution in [3.8, 4) is 11.5 Å². The quantitative estimate of drug-likeness (QED) is 0.512. The lowest BCUT2D eigenvalue weighted by Gasteiger charge is -2.47. The van der Waals surface area contributed by atoms with Crippen LogP contribution in [0.3, 0.4) is 0 Å². The van der Waals surface area contributed by atoms with Crippen molar-refractivity contribution in [3.05, 3.63) is 66.1 Å². The van der Waals surface area contributed by atoms with Crippen molar-refractivity contribution in [2.45, 2.75) is 37.9 Å². The summed E-state index contributed by atoms with van der Waals surface area (Å²) >= 11 is 0. The summed E-state index contributed by atoms with van der Waals surface area (Å²) in [5.41, 5.74) is 9.45. The molecule has 168 valence electrons. The molecule has 2 aromatic heterocycles. The molecule has 2 aliphatic rings. The fourth-order valence-corrected chi connectivity index (χ4v) is 5.13. The molecule has 4 heterocycles. The molecular formula is C25H25FN6O. The van der Waals surface area contributed by atoms with Gasteiger partial charge in [-0.2, -0.15) is 5.10 Å². The second-order valence-corrected chi connectivity index (χ2v) is 8.76. The number of anilines is 2. The van der Waals surface area contributed by atoms with Crippen molar-refractivity contribution in [1.82, 2.24) is 19.7 Å². The van der Waals surface area contributed by atoms with Gasteiger partial charge in [0.15, 0.2) is 11.6 Å². The summed E-state index contributed by atoms with van der Waals surface area (Å²) in [6, 6.07) is 15.2. The zero-order valence-corrected chi connectivity index (χ0v) is 18.2. The molecule has 0 saturated carbocycles. The van der Waals surface area contributed by atoms with Crippen LogP contribution in [0.4, 0.5) is 15.9 Å². The van der Waals surface area contributed by atoms with Gasteiger partial charge in [-0.15, -0.1) is 0 Å². The van der Waals surface area contributed by atoms with E-state index in [0.717, 1.165) is 29.4 Å². The van der Waals surface area contributed by atoms with Crippen molar-refractivity contribution >= 4 is 22.4 Å². The van der Waals surface area contributed by atoms with Gasteiger partial charge in [0.05, 0.1) is 49.2 Å². The number of ether oxygens (including phenoxy) is 1. The van der Waals surface area contributed by atoms with Crippen LogP contribution in [0.2, 0.25) is 0 Å². The number of nitrogens with two attached hydrogens (primary N) is 1. The van der Waals surface area contributed by atoms with E-state index in [-0.39, 0.29) is 5.82 Å². The van der Waals surface area contributed by atoms with Crippen molar-refractivity contribution in [2.75, 3.05) is 23.8 Å². The third-order valence-corrected chi connectivity index (χ3v) is 6.71. The molecule has 4 aromatic rings. The van der Waals surface area contributed by atoms with Gasteiger partial charge in [-0.05, 0) is 31.4 Å². The molecule has 0 amide bonds. The molecule has 2 saturated heterocycles. The molecule has 2 bridgehead atoms. The highest BCUT2D eigenvalue weighted by Crippen LogP contribution is 2.36. The lowest BCUT2D eigenvalue weighted by atomic mass is 9.94. The van der Waals surface area contributed by atoms with Gasteiger partial charge in [0, 0.05) is 10.9 Å². The smallest absolute Gasteiger partial charge is 0.182 e. The Morgan fingerprint density at radius 1 is 1.03 bits per heavy atom. The van der Waals surface area contributed by atoms with Crippen molar-refractivity contribution in [3.63, 3.8) is 0 Å². The Hall–Kier alpha value is -3.52. The number of nitrogen functional groups attached to an aromatic ring is 1. The minimum atomic E-state index is -0.250. The highest BCUT2D eigenvalue weighted by atomic mass is 19.1. The van der Waals surface area contributed by atoms with Gasteiger partial charge in [0.1, 0.15) is 11.5 Å². The first-order valence-corrected chi connectivity index (χ1v) is 11.4. The first-order valence-electron chi connectivity index (χ1n) is 11.4. The first-order chi connectivity index (χ1) is 16.2. The van der Waals surface area contributed by atoms with Crippen LogP contribution in [-0.2, 0) is 11.3 Å². The van der Waals surface area contributed by atoms with Gasteiger partial charge in [0.25, 0.3) is 0 Å². The SMILES string of the molecule is Nc1nc(-c2nn(Cc3ccccc3F)c3ccccc23)ncc1N1C2CCCC1COC2. The molecule has 2 atom stereocenters. The topological polar surface area (TPSA) is 82.1 Å². The summed E-state index contributed by atoms with van der Waals surface area (Å²) in [6.07, 6.45) is 5.20. The van der Waals surface area contributed by atoms with Crippen molar-refractivity contribution in [2.24, 2.45) is 0 Å². The Balaban J connectivity index is 1.39. The van der Waals surface area contributed by atoms with Crippen LogP contribution in [0, 0.1) is 5.82 Å². The number of piperidine rings is 1. The van der Waals surface area contributed by atoms with Gasteiger partial charge in [-0.25, -0.2) is 14.4 Å². The maximum Gasteiger partial charge on any atom is 0.182 e. The molecule has 2 fully saturated rings. The summed E-state index contributed by atoms with van der Waals surface area (Å²) in [5, 5.41) is 5.68. The monoisotopic (exact) mass is 444 g/mol. The van der Waals surface area contributed by atoms with Crippen LogP contribution in [-0.4, -0.2) is 45.0 Å². The molecule has 33 heavy (non-hydrogen) atoms. The Kier molecular flexibility index (Phi) is 4.95. The highest BCUT2D eigenvalue weighted by molar-refractivity contribution is 5.92. The maximum absolute atomic E-state index is 14.3. The van der Waals surface area contributed by atoms with E-state index in [0.29, 0.717) is 54.7 Å². The van der Waals surface area contributed by atoms with Crippen molar-refractivity contribution < 1.29 is 9.13 Å². The van der Waals surface area contributed by atoms with E-state index in [9.17, 15) is 4.39 Å². The van der Waals surface area contributed by atoms with Crippen LogP contribution in [0.1, 0.15) is 24.8 Å². The summed E-state index contributed by atoms with van der Waals surface area (Å²) < 4.78 is 21.8. The number of hydrogen-bond acceptors (Lipinski definition) is 6. The second kappa shape index (κ2) is 8.12. The fourth-order valence-electron chi connectivity index (χ4n) is 5.13. The molecule has 2 unspecified atom stereocenters. The largest absolute Gasteiger partial charge is 0.382 e. The molecule has 2 aromatic carbocycles. The van der Waals surface area contributed by atoms with Crippen LogP contribution < -0.4 is 10.6 Å². The average Bonchev–Trinajstić information content (AvgIpc) is 3.19. The van der Waals surface area contributed by atoms with Crippen LogP contribution in [0.25, 0.3) is 22.4 Å². The molecular weight excluding hydrogens is 419 g/mol. The van der Waals surface area contributed by atoms with Crippen LogP contribution in [0.15, 0.2) is 54.7 Å². The first kappa shape index (κ1) is 20.1. The molecule has 8 heteroatoms. The van der Waals surface area contributed by atoms with Gasteiger partial charge in [-0.1, -0.05) is 36.4 Å². The molecule has 0 radical (unpaired) electrons. The Bertz CT molecular complexity index is 1300. The van der Waals surface area contributed by atoms with Crippen LogP contribution in [0.5, 0.6) is 0 Å². The van der Waals surface area contributed by atoms with E-state index in [4.69, 9.17) is 15.6 Å². The number of rotatable bonds is 4. The molecule has 0 aliphatic carbocycles. The number of fused-ring (bicyclic) bond motifs is 3. The van der Waals surface area contributed by atoms with Gasteiger partial charge < -0.3 is 15.4 Å².